The van der Waals surface area contributed by atoms with Crippen LogP contribution in [0.5, 0.6) is 0 Å². The standard InChI is InChI=1S/C6H12O3/c1-8-5-6(4-7)2-3-9-6/h7H,2-5H2,1H3. The molecule has 0 aromatic heterocycles. The van der Waals surface area contributed by atoms with Gasteiger partial charge in [-0.2, -0.15) is 0 Å². The third-order valence-electron chi connectivity index (χ3n) is 1.66. The number of ether oxygens (including phenoxy) is 2. The molecule has 1 saturated heterocycles. The molecule has 0 amide bonds. The van der Waals surface area contributed by atoms with Crippen LogP contribution in [0, 0.1) is 0 Å². The van der Waals surface area contributed by atoms with Crippen LogP contribution < -0.4 is 0 Å². The maximum atomic E-state index is 8.76. The number of rotatable bonds is 3. The topological polar surface area (TPSA) is 38.7 Å². The zero-order valence-corrected chi connectivity index (χ0v) is 5.59. The van der Waals surface area contributed by atoms with Crippen LogP contribution in [0.1, 0.15) is 6.42 Å². The molecule has 1 atom stereocenters. The molecule has 0 aliphatic carbocycles. The molecule has 1 N–H and O–H groups in total. The van der Waals surface area contributed by atoms with Crippen molar-refractivity contribution in [1.82, 2.24) is 0 Å². The lowest BCUT2D eigenvalue weighted by Gasteiger charge is -2.39. The van der Waals surface area contributed by atoms with Crippen molar-refractivity contribution in [2.75, 3.05) is 26.9 Å². The van der Waals surface area contributed by atoms with E-state index in [1.54, 1.807) is 7.11 Å². The number of hydrogen-bond donors (Lipinski definition) is 1. The summed E-state index contributed by atoms with van der Waals surface area (Å²) in [5.41, 5.74) is -0.352. The average Bonchev–Trinajstić information content (AvgIpc) is 1.79. The molecule has 1 aliphatic heterocycles. The molecule has 0 bridgehead atoms. The largest absolute Gasteiger partial charge is 0.393 e. The second-order valence-electron chi connectivity index (χ2n) is 2.37. The van der Waals surface area contributed by atoms with E-state index >= 15 is 0 Å². The van der Waals surface area contributed by atoms with Gasteiger partial charge in [-0.15, -0.1) is 0 Å². The summed E-state index contributed by atoms with van der Waals surface area (Å²) in [6, 6.07) is 0. The molecule has 1 aliphatic rings. The number of methoxy groups -OCH3 is 1. The van der Waals surface area contributed by atoms with E-state index in [0.717, 1.165) is 13.0 Å². The van der Waals surface area contributed by atoms with E-state index in [1.165, 1.54) is 0 Å². The fourth-order valence-corrected chi connectivity index (χ4v) is 0.938. The van der Waals surface area contributed by atoms with Crippen molar-refractivity contribution in [2.45, 2.75) is 12.0 Å². The number of aliphatic hydroxyl groups excluding tert-OH is 1. The molecule has 0 aromatic carbocycles. The number of hydrogen-bond acceptors (Lipinski definition) is 3. The van der Waals surface area contributed by atoms with E-state index in [1.807, 2.05) is 0 Å². The molecule has 3 heteroatoms. The van der Waals surface area contributed by atoms with Crippen molar-refractivity contribution in [3.05, 3.63) is 0 Å². The Labute approximate surface area is 54.6 Å². The lowest BCUT2D eigenvalue weighted by molar-refractivity contribution is -0.195. The summed E-state index contributed by atoms with van der Waals surface area (Å²) < 4.78 is 9.99. The predicted octanol–water partition coefficient (Wildman–Crippen LogP) is -0.216. The smallest absolute Gasteiger partial charge is 0.116 e. The Kier molecular flexibility index (Phi) is 2.05. The molecule has 0 aromatic rings. The van der Waals surface area contributed by atoms with Crippen molar-refractivity contribution < 1.29 is 14.6 Å². The van der Waals surface area contributed by atoms with Crippen molar-refractivity contribution in [1.29, 1.82) is 0 Å². The first-order valence-corrected chi connectivity index (χ1v) is 3.07. The SMILES string of the molecule is COCC1(CO)CCO1. The molecule has 3 nitrogen and oxygen atoms in total. The van der Waals surface area contributed by atoms with E-state index < -0.39 is 0 Å². The zero-order valence-electron chi connectivity index (χ0n) is 5.59. The summed E-state index contributed by atoms with van der Waals surface area (Å²) in [4.78, 5) is 0. The van der Waals surface area contributed by atoms with Crippen molar-refractivity contribution in [3.8, 4) is 0 Å². The highest BCUT2D eigenvalue weighted by atomic mass is 16.6. The highest BCUT2D eigenvalue weighted by Crippen LogP contribution is 2.25. The van der Waals surface area contributed by atoms with Crippen LogP contribution >= 0.6 is 0 Å². The molecule has 1 unspecified atom stereocenters. The summed E-state index contributed by atoms with van der Waals surface area (Å²) in [5.74, 6) is 0. The minimum atomic E-state index is -0.352. The molecule has 1 heterocycles. The number of aliphatic hydroxyl groups is 1. The summed E-state index contributed by atoms with van der Waals surface area (Å²) in [5, 5.41) is 8.76. The average molecular weight is 132 g/mol. The normalized spacial score (nSPS) is 34.0. The molecular weight excluding hydrogens is 120 g/mol. The Bertz CT molecular complexity index is 82.8. The van der Waals surface area contributed by atoms with E-state index in [-0.39, 0.29) is 12.2 Å². The highest BCUT2D eigenvalue weighted by Gasteiger charge is 2.37. The van der Waals surface area contributed by atoms with Gasteiger partial charge in [0.05, 0.1) is 19.8 Å². The van der Waals surface area contributed by atoms with Gasteiger partial charge < -0.3 is 14.6 Å². The summed E-state index contributed by atoms with van der Waals surface area (Å²) in [7, 11) is 1.61. The van der Waals surface area contributed by atoms with Crippen molar-refractivity contribution in [3.63, 3.8) is 0 Å². The van der Waals surface area contributed by atoms with Crippen molar-refractivity contribution >= 4 is 0 Å². The molecule has 1 rings (SSSR count). The van der Waals surface area contributed by atoms with Gasteiger partial charge in [-0.05, 0) is 0 Å². The van der Waals surface area contributed by atoms with Crippen LogP contribution in [0.15, 0.2) is 0 Å². The summed E-state index contributed by atoms with van der Waals surface area (Å²) in [6.45, 7) is 1.33. The van der Waals surface area contributed by atoms with Gasteiger partial charge in [0.1, 0.15) is 5.60 Å². The van der Waals surface area contributed by atoms with Gasteiger partial charge in [0.25, 0.3) is 0 Å². The molecule has 0 spiro atoms. The third kappa shape index (κ3) is 1.23. The quantitative estimate of drug-likeness (QED) is 0.577. The lowest BCUT2D eigenvalue weighted by atomic mass is 9.97. The third-order valence-corrected chi connectivity index (χ3v) is 1.66. The van der Waals surface area contributed by atoms with Crippen LogP contribution in [0.4, 0.5) is 0 Å². The fourth-order valence-electron chi connectivity index (χ4n) is 0.938. The van der Waals surface area contributed by atoms with Gasteiger partial charge in [0, 0.05) is 13.5 Å². The first kappa shape index (κ1) is 6.99. The van der Waals surface area contributed by atoms with Crippen molar-refractivity contribution in [2.24, 2.45) is 0 Å². The van der Waals surface area contributed by atoms with Crippen LogP contribution in [0.25, 0.3) is 0 Å². The monoisotopic (exact) mass is 132 g/mol. The second-order valence-corrected chi connectivity index (χ2v) is 2.37. The Balaban J connectivity index is 2.28. The first-order valence-electron chi connectivity index (χ1n) is 3.07. The minimum absolute atomic E-state index is 0.0703. The Morgan fingerprint density at radius 2 is 2.44 bits per heavy atom. The lowest BCUT2D eigenvalue weighted by Crippen LogP contribution is -2.50. The van der Waals surface area contributed by atoms with E-state index in [9.17, 15) is 0 Å². The molecule has 0 saturated carbocycles. The van der Waals surface area contributed by atoms with E-state index in [2.05, 4.69) is 0 Å². The van der Waals surface area contributed by atoms with Gasteiger partial charge >= 0.3 is 0 Å². The molecule has 54 valence electrons. The second kappa shape index (κ2) is 2.64. The van der Waals surface area contributed by atoms with Gasteiger partial charge in [0.2, 0.25) is 0 Å². The maximum absolute atomic E-state index is 8.76. The first-order chi connectivity index (χ1) is 4.33. The van der Waals surface area contributed by atoms with Gasteiger partial charge in [-0.3, -0.25) is 0 Å². The predicted molar refractivity (Wildman–Crippen MR) is 32.3 cm³/mol. The van der Waals surface area contributed by atoms with Crippen LogP contribution in [0.2, 0.25) is 0 Å². The maximum Gasteiger partial charge on any atom is 0.116 e. The van der Waals surface area contributed by atoms with Crippen LogP contribution in [0.3, 0.4) is 0 Å². The molecule has 1 fully saturated rings. The van der Waals surface area contributed by atoms with Gasteiger partial charge in [-0.25, -0.2) is 0 Å². The van der Waals surface area contributed by atoms with E-state index in [4.69, 9.17) is 14.6 Å². The van der Waals surface area contributed by atoms with Gasteiger partial charge in [-0.1, -0.05) is 0 Å². The van der Waals surface area contributed by atoms with Crippen LogP contribution in [-0.4, -0.2) is 37.6 Å². The molecular formula is C6H12O3. The van der Waals surface area contributed by atoms with Crippen LogP contribution in [-0.2, 0) is 9.47 Å². The molecule has 0 radical (unpaired) electrons. The van der Waals surface area contributed by atoms with E-state index in [0.29, 0.717) is 6.61 Å². The Hall–Kier alpha value is -0.120. The molecule has 9 heavy (non-hydrogen) atoms. The summed E-state index contributed by atoms with van der Waals surface area (Å²) >= 11 is 0. The fraction of sp³-hybridized carbons (Fsp3) is 1.00. The Morgan fingerprint density at radius 1 is 1.78 bits per heavy atom. The minimum Gasteiger partial charge on any atom is -0.393 e. The highest BCUT2D eigenvalue weighted by molar-refractivity contribution is 4.86. The Morgan fingerprint density at radius 3 is 2.56 bits per heavy atom. The summed E-state index contributed by atoms with van der Waals surface area (Å²) in [6.07, 6.45) is 0.914. The van der Waals surface area contributed by atoms with Gasteiger partial charge in [0.15, 0.2) is 0 Å². The zero-order chi connectivity index (χ0) is 6.74.